The van der Waals surface area contributed by atoms with Crippen LogP contribution >= 0.6 is 0 Å². The van der Waals surface area contributed by atoms with Crippen LogP contribution in [-0.4, -0.2) is 39.7 Å². The Morgan fingerprint density at radius 2 is 1.74 bits per heavy atom. The van der Waals surface area contributed by atoms with Crippen molar-refractivity contribution in [3.8, 4) is 11.3 Å². The summed E-state index contributed by atoms with van der Waals surface area (Å²) >= 11 is 0. The van der Waals surface area contributed by atoms with Gasteiger partial charge in [-0.05, 0) is 30.2 Å². The summed E-state index contributed by atoms with van der Waals surface area (Å²) in [4.78, 5) is 20.0. The van der Waals surface area contributed by atoms with Gasteiger partial charge in [-0.1, -0.05) is 81.4 Å². The van der Waals surface area contributed by atoms with Crippen LogP contribution in [0.5, 0.6) is 0 Å². The number of hydrogen-bond donors (Lipinski definition) is 1. The summed E-state index contributed by atoms with van der Waals surface area (Å²) in [6, 6.07) is 20.2. The molecule has 3 aromatic rings. The molecule has 1 heterocycles. The van der Waals surface area contributed by atoms with E-state index in [1.165, 1.54) is 12.7 Å². The summed E-state index contributed by atoms with van der Waals surface area (Å²) in [5.74, 6) is 0.850. The first-order chi connectivity index (χ1) is 16.2. The molecule has 1 unspecified atom stereocenters. The largest absolute Gasteiger partial charge is 0.453 e. The van der Waals surface area contributed by atoms with Crippen LogP contribution in [0.25, 0.3) is 11.3 Å². The van der Waals surface area contributed by atoms with Crippen molar-refractivity contribution in [3.05, 3.63) is 78.2 Å². The predicted molar refractivity (Wildman–Crippen MR) is 135 cm³/mol. The number of methoxy groups -OCH3 is 1. The second kappa shape index (κ2) is 9.63. The van der Waals surface area contributed by atoms with Crippen LogP contribution < -0.4 is 5.73 Å². The standard InChI is InChI=1S/C28H36N4O2/c1-27(2,3)24(32(26(33)34-4)18-17-28(29)15-16-28)25-30-23(22-13-9-6-10-14-22)20-31(25)19-21-11-7-5-8-12-21/h5-14,20,24H,15-19,29H2,1-4H3. The monoisotopic (exact) mass is 460 g/mol. The molecule has 0 bridgehead atoms. The molecule has 0 aliphatic heterocycles. The number of nitrogens with two attached hydrogens (primary N) is 1. The molecular weight excluding hydrogens is 424 g/mol. The van der Waals surface area contributed by atoms with Crippen LogP contribution in [-0.2, 0) is 11.3 Å². The Morgan fingerprint density at radius 1 is 1.12 bits per heavy atom. The van der Waals surface area contributed by atoms with E-state index in [9.17, 15) is 4.79 Å². The molecule has 0 spiro atoms. The summed E-state index contributed by atoms with van der Waals surface area (Å²) in [6.07, 6.45) is 4.50. The molecule has 4 rings (SSSR count). The number of rotatable bonds is 8. The lowest BCUT2D eigenvalue weighted by atomic mass is 9.84. The van der Waals surface area contributed by atoms with E-state index >= 15 is 0 Å². The number of benzene rings is 2. The fourth-order valence-electron chi connectivity index (χ4n) is 4.49. The summed E-state index contributed by atoms with van der Waals surface area (Å²) < 4.78 is 7.43. The number of amides is 1. The van der Waals surface area contributed by atoms with Crippen LogP contribution in [0.1, 0.15) is 57.5 Å². The molecule has 1 fully saturated rings. The van der Waals surface area contributed by atoms with Crippen molar-refractivity contribution in [1.82, 2.24) is 14.5 Å². The summed E-state index contributed by atoms with van der Waals surface area (Å²) in [5, 5.41) is 0. The van der Waals surface area contributed by atoms with Crippen LogP contribution in [0, 0.1) is 5.41 Å². The van der Waals surface area contributed by atoms with E-state index in [0.717, 1.165) is 36.3 Å². The van der Waals surface area contributed by atoms with E-state index in [0.29, 0.717) is 13.1 Å². The average molecular weight is 461 g/mol. The maximum absolute atomic E-state index is 13.1. The quantitative estimate of drug-likeness (QED) is 0.472. The first-order valence-corrected chi connectivity index (χ1v) is 12.0. The predicted octanol–water partition coefficient (Wildman–Crippen LogP) is 5.64. The first kappa shape index (κ1) is 24.0. The molecule has 0 saturated heterocycles. The highest BCUT2D eigenvalue weighted by atomic mass is 16.5. The summed E-state index contributed by atoms with van der Waals surface area (Å²) in [6.45, 7) is 7.63. The van der Waals surface area contributed by atoms with Gasteiger partial charge in [0.15, 0.2) is 0 Å². The fraction of sp³-hybridized carbons (Fsp3) is 0.429. The van der Waals surface area contributed by atoms with Gasteiger partial charge in [0.25, 0.3) is 0 Å². The van der Waals surface area contributed by atoms with Crippen LogP contribution in [0.15, 0.2) is 66.9 Å². The van der Waals surface area contributed by atoms with Crippen molar-refractivity contribution >= 4 is 6.09 Å². The normalized spacial score (nSPS) is 15.6. The van der Waals surface area contributed by atoms with E-state index in [1.807, 2.05) is 41.3 Å². The first-order valence-electron chi connectivity index (χ1n) is 12.0. The molecule has 6 nitrogen and oxygen atoms in total. The topological polar surface area (TPSA) is 73.4 Å². The molecule has 2 N–H and O–H groups in total. The molecule has 1 amide bonds. The maximum atomic E-state index is 13.1. The lowest BCUT2D eigenvalue weighted by Gasteiger charge is -2.39. The van der Waals surface area contributed by atoms with Crippen molar-refractivity contribution in [2.75, 3.05) is 13.7 Å². The van der Waals surface area contributed by atoms with Gasteiger partial charge < -0.3 is 15.0 Å². The minimum absolute atomic E-state index is 0.163. The van der Waals surface area contributed by atoms with Gasteiger partial charge in [0.2, 0.25) is 0 Å². The van der Waals surface area contributed by atoms with E-state index in [4.69, 9.17) is 15.5 Å². The van der Waals surface area contributed by atoms with E-state index < -0.39 is 0 Å². The Kier molecular flexibility index (Phi) is 6.80. The molecule has 1 atom stereocenters. The number of aromatic nitrogens is 2. The number of carbonyl (C=O) groups is 1. The van der Waals surface area contributed by atoms with Gasteiger partial charge in [0.1, 0.15) is 5.82 Å². The molecular formula is C28H36N4O2. The zero-order valence-electron chi connectivity index (χ0n) is 20.7. The molecule has 34 heavy (non-hydrogen) atoms. The second-order valence-electron chi connectivity index (χ2n) is 10.5. The van der Waals surface area contributed by atoms with Crippen LogP contribution in [0.3, 0.4) is 0 Å². The highest BCUT2D eigenvalue weighted by Crippen LogP contribution is 2.41. The van der Waals surface area contributed by atoms with Gasteiger partial charge in [0, 0.05) is 30.4 Å². The minimum atomic E-state index is -0.348. The third-order valence-corrected chi connectivity index (χ3v) is 6.60. The molecule has 1 aliphatic rings. The third-order valence-electron chi connectivity index (χ3n) is 6.60. The van der Waals surface area contributed by atoms with Crippen molar-refractivity contribution in [2.45, 2.75) is 58.2 Å². The van der Waals surface area contributed by atoms with Crippen molar-refractivity contribution < 1.29 is 9.53 Å². The molecule has 180 valence electrons. The smallest absolute Gasteiger partial charge is 0.410 e. The number of hydrogen-bond acceptors (Lipinski definition) is 4. The summed E-state index contributed by atoms with van der Waals surface area (Å²) in [5.41, 5.74) is 9.07. The van der Waals surface area contributed by atoms with Gasteiger partial charge in [-0.3, -0.25) is 4.90 Å². The average Bonchev–Trinajstić information content (AvgIpc) is 3.43. The Hall–Kier alpha value is -3.12. The zero-order chi connectivity index (χ0) is 24.3. The van der Waals surface area contributed by atoms with Gasteiger partial charge in [-0.15, -0.1) is 0 Å². The second-order valence-corrected chi connectivity index (χ2v) is 10.5. The highest BCUT2D eigenvalue weighted by molar-refractivity contribution is 5.68. The highest BCUT2D eigenvalue weighted by Gasteiger charge is 2.43. The van der Waals surface area contributed by atoms with E-state index in [-0.39, 0.29) is 23.1 Å². The van der Waals surface area contributed by atoms with E-state index in [2.05, 4.69) is 55.8 Å². The molecule has 2 aromatic carbocycles. The lowest BCUT2D eigenvalue weighted by Crippen LogP contribution is -2.44. The minimum Gasteiger partial charge on any atom is -0.453 e. The van der Waals surface area contributed by atoms with Crippen molar-refractivity contribution in [1.29, 1.82) is 0 Å². The number of ether oxygens (including phenoxy) is 1. The molecule has 1 aliphatic carbocycles. The Labute approximate surface area is 202 Å². The fourth-order valence-corrected chi connectivity index (χ4v) is 4.49. The number of carbonyl (C=O) groups excluding carboxylic acids is 1. The van der Waals surface area contributed by atoms with Crippen LogP contribution in [0.2, 0.25) is 0 Å². The zero-order valence-corrected chi connectivity index (χ0v) is 20.7. The molecule has 0 radical (unpaired) electrons. The Bertz CT molecular complexity index is 1100. The number of nitrogens with zero attached hydrogens (tertiary/aromatic N) is 3. The van der Waals surface area contributed by atoms with E-state index in [1.54, 1.807) is 0 Å². The molecule has 1 saturated carbocycles. The SMILES string of the molecule is COC(=O)N(CCC1(N)CC1)C(c1nc(-c2ccccc2)cn1Cc1ccccc1)C(C)(C)C. The van der Waals surface area contributed by atoms with Crippen LogP contribution in [0.4, 0.5) is 4.79 Å². The Morgan fingerprint density at radius 3 is 2.29 bits per heavy atom. The maximum Gasteiger partial charge on any atom is 0.410 e. The van der Waals surface area contributed by atoms with Crippen molar-refractivity contribution in [2.24, 2.45) is 11.1 Å². The van der Waals surface area contributed by atoms with Gasteiger partial charge in [-0.25, -0.2) is 9.78 Å². The van der Waals surface area contributed by atoms with Gasteiger partial charge >= 0.3 is 6.09 Å². The van der Waals surface area contributed by atoms with Crippen molar-refractivity contribution in [3.63, 3.8) is 0 Å². The van der Waals surface area contributed by atoms with Gasteiger partial charge in [0.05, 0.1) is 18.8 Å². The van der Waals surface area contributed by atoms with Gasteiger partial charge in [-0.2, -0.15) is 0 Å². The molecule has 6 heteroatoms. The number of imidazole rings is 1. The Balaban J connectivity index is 1.80. The molecule has 1 aromatic heterocycles. The summed E-state index contributed by atoms with van der Waals surface area (Å²) in [7, 11) is 1.44. The lowest BCUT2D eigenvalue weighted by molar-refractivity contribution is 0.0613. The third kappa shape index (κ3) is 5.50.